The number of rotatable bonds is 4. The Kier molecular flexibility index (Phi) is 3.84. The van der Waals surface area contributed by atoms with Gasteiger partial charge in [0.15, 0.2) is 11.7 Å². The summed E-state index contributed by atoms with van der Waals surface area (Å²) in [5, 5.41) is 4.79. The average Bonchev–Trinajstić information content (AvgIpc) is 2.86. The van der Waals surface area contributed by atoms with Crippen LogP contribution < -0.4 is 5.43 Å². The summed E-state index contributed by atoms with van der Waals surface area (Å²) in [5.41, 5.74) is 0.826. The van der Waals surface area contributed by atoms with Crippen molar-refractivity contribution in [3.05, 3.63) is 28.7 Å². The highest BCUT2D eigenvalue weighted by atomic mass is 16.7. The van der Waals surface area contributed by atoms with Gasteiger partial charge in [-0.1, -0.05) is 0 Å². The van der Waals surface area contributed by atoms with Gasteiger partial charge in [-0.25, -0.2) is 0 Å². The zero-order valence-electron chi connectivity index (χ0n) is 11.6. The number of hydrogen-bond acceptors (Lipinski definition) is 4. The van der Waals surface area contributed by atoms with E-state index in [-0.39, 0.29) is 11.7 Å². The number of hydrogen-bond donors (Lipinski definition) is 0. The van der Waals surface area contributed by atoms with Crippen molar-refractivity contribution in [2.24, 2.45) is 7.05 Å². The van der Waals surface area contributed by atoms with Gasteiger partial charge in [-0.15, -0.1) is 0 Å². The van der Waals surface area contributed by atoms with Gasteiger partial charge in [-0.05, 0) is 19.3 Å². The monoisotopic (exact) mass is 277 g/mol. The molecule has 0 radical (unpaired) electrons. The maximum Gasteiger partial charge on any atom is 0.192 e. The van der Waals surface area contributed by atoms with Crippen molar-refractivity contribution in [2.45, 2.75) is 32.1 Å². The third-order valence-corrected chi connectivity index (χ3v) is 3.62. The Balaban J connectivity index is 1.69. The molecule has 0 aliphatic carbocycles. The van der Waals surface area contributed by atoms with Crippen molar-refractivity contribution in [1.29, 1.82) is 0 Å². The summed E-state index contributed by atoms with van der Waals surface area (Å²) < 4.78 is 15.0. The molecule has 6 heteroatoms. The summed E-state index contributed by atoms with van der Waals surface area (Å²) in [5.74, 6) is 0. The lowest BCUT2D eigenvalue weighted by Crippen LogP contribution is -2.24. The molecule has 20 heavy (non-hydrogen) atoms. The highest BCUT2D eigenvalue weighted by molar-refractivity contribution is 5.74. The lowest BCUT2D eigenvalue weighted by Gasteiger charge is -2.23. The molecule has 1 unspecified atom stereocenters. The molecule has 6 nitrogen and oxygen atoms in total. The second kappa shape index (κ2) is 5.76. The maximum absolute atomic E-state index is 11.7. The molecule has 3 heterocycles. The van der Waals surface area contributed by atoms with E-state index in [9.17, 15) is 4.79 Å². The fourth-order valence-corrected chi connectivity index (χ4v) is 2.57. The van der Waals surface area contributed by atoms with Crippen LogP contribution in [-0.4, -0.2) is 33.9 Å². The van der Waals surface area contributed by atoms with Crippen LogP contribution in [0.25, 0.3) is 11.0 Å². The first-order valence-corrected chi connectivity index (χ1v) is 7.00. The summed E-state index contributed by atoms with van der Waals surface area (Å²) >= 11 is 0. The van der Waals surface area contributed by atoms with Gasteiger partial charge in [-0.2, -0.15) is 5.10 Å². The molecule has 0 amide bonds. The Morgan fingerprint density at radius 3 is 3.20 bits per heavy atom. The minimum Gasteiger partial charge on any atom is -0.353 e. The van der Waals surface area contributed by atoms with Gasteiger partial charge in [0.2, 0.25) is 0 Å². The molecule has 108 valence electrons. The summed E-state index contributed by atoms with van der Waals surface area (Å²) in [6.45, 7) is 2.03. The summed E-state index contributed by atoms with van der Waals surface area (Å²) in [6.07, 6.45) is 6.57. The number of nitrogens with zero attached hydrogens (tertiary/aromatic N) is 3. The Labute approximate surface area is 116 Å². The zero-order chi connectivity index (χ0) is 13.9. The lowest BCUT2D eigenvalue weighted by atomic mass is 10.2. The normalized spacial score (nSPS) is 19.6. The van der Waals surface area contributed by atoms with E-state index < -0.39 is 0 Å². The van der Waals surface area contributed by atoms with Crippen LogP contribution in [0.5, 0.6) is 0 Å². The molecule has 1 fully saturated rings. The Morgan fingerprint density at radius 1 is 1.50 bits per heavy atom. The van der Waals surface area contributed by atoms with Crippen molar-refractivity contribution in [3.8, 4) is 0 Å². The molecular formula is C14H19N3O3. The Bertz CT molecular complexity index is 641. The second-order valence-electron chi connectivity index (χ2n) is 5.05. The predicted molar refractivity (Wildman–Crippen MR) is 74.5 cm³/mol. The Hall–Kier alpha value is -1.66. The number of aryl methyl sites for hydroxylation is 1. The van der Waals surface area contributed by atoms with E-state index in [4.69, 9.17) is 9.47 Å². The first-order chi connectivity index (χ1) is 9.75. The van der Waals surface area contributed by atoms with E-state index in [1.54, 1.807) is 23.1 Å². The van der Waals surface area contributed by atoms with Crippen LogP contribution in [0.1, 0.15) is 19.3 Å². The van der Waals surface area contributed by atoms with Crippen LogP contribution in [0.3, 0.4) is 0 Å². The maximum atomic E-state index is 11.7. The van der Waals surface area contributed by atoms with E-state index >= 15 is 0 Å². The van der Waals surface area contributed by atoms with E-state index in [2.05, 4.69) is 5.10 Å². The first kappa shape index (κ1) is 13.3. The summed E-state index contributed by atoms with van der Waals surface area (Å²) in [6, 6.07) is 1.57. The van der Waals surface area contributed by atoms with Gasteiger partial charge in [0.05, 0.1) is 18.2 Å². The first-order valence-electron chi connectivity index (χ1n) is 7.00. The van der Waals surface area contributed by atoms with Gasteiger partial charge in [0.1, 0.15) is 5.65 Å². The molecule has 1 aliphatic rings. The van der Waals surface area contributed by atoms with Crippen molar-refractivity contribution in [1.82, 2.24) is 14.3 Å². The zero-order valence-corrected chi connectivity index (χ0v) is 11.6. The Morgan fingerprint density at radius 2 is 2.40 bits per heavy atom. The molecule has 0 aromatic carbocycles. The molecule has 3 rings (SSSR count). The molecule has 2 aromatic heterocycles. The van der Waals surface area contributed by atoms with Crippen molar-refractivity contribution >= 4 is 11.0 Å². The molecule has 1 aliphatic heterocycles. The largest absolute Gasteiger partial charge is 0.353 e. The minimum absolute atomic E-state index is 0.000817. The van der Waals surface area contributed by atoms with Gasteiger partial charge < -0.3 is 14.0 Å². The van der Waals surface area contributed by atoms with E-state index in [1.165, 1.54) is 0 Å². The number of fused-ring (bicyclic) bond motifs is 1. The van der Waals surface area contributed by atoms with Crippen LogP contribution in [0.15, 0.2) is 23.3 Å². The van der Waals surface area contributed by atoms with Gasteiger partial charge >= 0.3 is 0 Å². The predicted octanol–water partition coefficient (Wildman–Crippen LogP) is 1.28. The van der Waals surface area contributed by atoms with Crippen LogP contribution in [0.4, 0.5) is 0 Å². The number of ether oxygens (including phenoxy) is 2. The standard InChI is InChI=1S/C14H19N3O3/c1-16-14-11(10-15-16)12(18)5-6-17(14)7-9-20-13-4-2-3-8-19-13/h5-6,10,13H,2-4,7-9H2,1H3. The van der Waals surface area contributed by atoms with Crippen molar-refractivity contribution in [2.75, 3.05) is 13.2 Å². The lowest BCUT2D eigenvalue weighted by molar-refractivity contribution is -0.163. The average molecular weight is 277 g/mol. The quantitative estimate of drug-likeness (QED) is 0.844. The van der Waals surface area contributed by atoms with Crippen molar-refractivity contribution in [3.63, 3.8) is 0 Å². The van der Waals surface area contributed by atoms with Crippen LogP contribution >= 0.6 is 0 Å². The highest BCUT2D eigenvalue weighted by Gasteiger charge is 2.14. The molecule has 1 saturated heterocycles. The van der Waals surface area contributed by atoms with E-state index in [0.717, 1.165) is 31.5 Å². The molecule has 2 aromatic rings. The molecule has 0 spiro atoms. The second-order valence-corrected chi connectivity index (χ2v) is 5.05. The van der Waals surface area contributed by atoms with Crippen molar-refractivity contribution < 1.29 is 9.47 Å². The smallest absolute Gasteiger partial charge is 0.192 e. The topological polar surface area (TPSA) is 58.3 Å². The van der Waals surface area contributed by atoms with Gasteiger partial charge in [-0.3, -0.25) is 9.48 Å². The molecule has 0 bridgehead atoms. The minimum atomic E-state index is -0.0786. The molecule has 0 saturated carbocycles. The van der Waals surface area contributed by atoms with Crippen LogP contribution in [0, 0.1) is 0 Å². The highest BCUT2D eigenvalue weighted by Crippen LogP contribution is 2.14. The van der Waals surface area contributed by atoms with Gasteiger partial charge in [0.25, 0.3) is 0 Å². The summed E-state index contributed by atoms with van der Waals surface area (Å²) in [7, 11) is 1.84. The summed E-state index contributed by atoms with van der Waals surface area (Å²) in [4.78, 5) is 11.7. The third-order valence-electron chi connectivity index (χ3n) is 3.62. The van der Waals surface area contributed by atoms with E-state index in [0.29, 0.717) is 18.5 Å². The van der Waals surface area contributed by atoms with Gasteiger partial charge in [0, 0.05) is 32.5 Å². The number of aromatic nitrogens is 3. The van der Waals surface area contributed by atoms with Crippen LogP contribution in [-0.2, 0) is 23.1 Å². The SMILES string of the molecule is Cn1ncc2c(=O)ccn(CCOC3CCCCO3)c21. The molecular weight excluding hydrogens is 258 g/mol. The van der Waals surface area contributed by atoms with Crippen LogP contribution in [0.2, 0.25) is 0 Å². The third kappa shape index (κ3) is 2.62. The molecule has 0 N–H and O–H groups in total. The fourth-order valence-electron chi connectivity index (χ4n) is 2.57. The number of pyridine rings is 1. The fraction of sp³-hybridized carbons (Fsp3) is 0.571. The molecule has 1 atom stereocenters. The van der Waals surface area contributed by atoms with E-state index in [1.807, 2.05) is 11.6 Å².